The first-order chi connectivity index (χ1) is 5.27. The quantitative estimate of drug-likeness (QED) is 0.421. The second-order valence-electron chi connectivity index (χ2n) is 3.22. The number of nitrogens with zero attached hydrogens (tertiary/aromatic N) is 1. The molecule has 0 aliphatic rings. The van der Waals surface area contributed by atoms with Gasteiger partial charge < -0.3 is 4.90 Å². The van der Waals surface area contributed by atoms with Gasteiger partial charge in [-0.2, -0.15) is 0 Å². The highest BCUT2D eigenvalue weighted by Gasteiger charge is 1.89. The zero-order chi connectivity index (χ0) is 8.53. The fourth-order valence-electron chi connectivity index (χ4n) is 1.03. The maximum absolute atomic E-state index is 2.25. The summed E-state index contributed by atoms with van der Waals surface area (Å²) in [5.74, 6) is 0. The monoisotopic (exact) mass is 155 g/mol. The van der Waals surface area contributed by atoms with E-state index in [1.165, 1.54) is 32.2 Å². The van der Waals surface area contributed by atoms with E-state index in [1.807, 2.05) is 0 Å². The lowest BCUT2D eigenvalue weighted by Gasteiger charge is -2.07. The lowest BCUT2D eigenvalue weighted by atomic mass is 10.2. The summed E-state index contributed by atoms with van der Waals surface area (Å²) >= 11 is 0. The van der Waals surface area contributed by atoms with Crippen LogP contribution in [0.15, 0.2) is 12.2 Å². The van der Waals surface area contributed by atoms with Crippen molar-refractivity contribution in [2.75, 3.05) is 20.6 Å². The first-order valence-electron chi connectivity index (χ1n) is 4.53. The average Bonchev–Trinajstić information content (AvgIpc) is 1.96. The molecule has 0 bridgehead atoms. The van der Waals surface area contributed by atoms with Crippen LogP contribution in [0.4, 0.5) is 0 Å². The predicted molar refractivity (Wildman–Crippen MR) is 51.8 cm³/mol. The van der Waals surface area contributed by atoms with E-state index in [2.05, 4.69) is 38.1 Å². The van der Waals surface area contributed by atoms with Crippen LogP contribution in [0.1, 0.15) is 32.6 Å². The van der Waals surface area contributed by atoms with Gasteiger partial charge in [-0.3, -0.25) is 0 Å². The van der Waals surface area contributed by atoms with Crippen molar-refractivity contribution in [1.82, 2.24) is 4.90 Å². The van der Waals surface area contributed by atoms with Gasteiger partial charge in [0.1, 0.15) is 0 Å². The van der Waals surface area contributed by atoms with E-state index in [1.54, 1.807) is 0 Å². The van der Waals surface area contributed by atoms with Crippen molar-refractivity contribution in [1.29, 1.82) is 0 Å². The van der Waals surface area contributed by atoms with E-state index >= 15 is 0 Å². The smallest absolute Gasteiger partial charge is 0.00248 e. The van der Waals surface area contributed by atoms with Crippen LogP contribution >= 0.6 is 0 Å². The third-order valence-electron chi connectivity index (χ3n) is 1.71. The van der Waals surface area contributed by atoms with Crippen molar-refractivity contribution < 1.29 is 0 Å². The van der Waals surface area contributed by atoms with Crippen LogP contribution in [0, 0.1) is 0 Å². The molecule has 66 valence electrons. The molecule has 11 heavy (non-hydrogen) atoms. The van der Waals surface area contributed by atoms with Crippen LogP contribution in [0.3, 0.4) is 0 Å². The minimum atomic E-state index is 1.23. The SMILES string of the molecule is C/C=C/CCCCCN(C)C. The Hall–Kier alpha value is -0.300. The zero-order valence-electron chi connectivity index (χ0n) is 8.14. The minimum absolute atomic E-state index is 1.23. The molecule has 0 radical (unpaired) electrons. The van der Waals surface area contributed by atoms with Crippen molar-refractivity contribution in [3.05, 3.63) is 12.2 Å². The molecule has 1 heteroatoms. The van der Waals surface area contributed by atoms with Crippen LogP contribution in [0.5, 0.6) is 0 Å². The Labute approximate surface area is 71.1 Å². The number of hydrogen-bond acceptors (Lipinski definition) is 1. The van der Waals surface area contributed by atoms with Crippen molar-refractivity contribution in [2.45, 2.75) is 32.6 Å². The number of hydrogen-bond donors (Lipinski definition) is 0. The van der Waals surface area contributed by atoms with E-state index in [0.29, 0.717) is 0 Å². The van der Waals surface area contributed by atoms with Gasteiger partial charge in [0.05, 0.1) is 0 Å². The Bertz CT molecular complexity index is 95.0. The predicted octanol–water partition coefficient (Wildman–Crippen LogP) is 2.68. The van der Waals surface area contributed by atoms with Crippen LogP contribution < -0.4 is 0 Å². The van der Waals surface area contributed by atoms with Gasteiger partial charge >= 0.3 is 0 Å². The maximum Gasteiger partial charge on any atom is -0.00248 e. The van der Waals surface area contributed by atoms with Crippen LogP contribution in [-0.2, 0) is 0 Å². The molecular formula is C10H21N. The summed E-state index contributed by atoms with van der Waals surface area (Å²) in [7, 11) is 4.26. The highest BCUT2D eigenvalue weighted by molar-refractivity contribution is 4.76. The Kier molecular flexibility index (Phi) is 7.59. The lowest BCUT2D eigenvalue weighted by Crippen LogP contribution is -2.12. The van der Waals surface area contributed by atoms with Gasteiger partial charge in [0, 0.05) is 0 Å². The number of allylic oxidation sites excluding steroid dienone is 2. The summed E-state index contributed by atoms with van der Waals surface area (Å²) in [4.78, 5) is 2.25. The topological polar surface area (TPSA) is 3.24 Å². The highest BCUT2D eigenvalue weighted by atomic mass is 15.0. The Morgan fingerprint density at radius 1 is 1.09 bits per heavy atom. The molecule has 0 aromatic heterocycles. The fraction of sp³-hybridized carbons (Fsp3) is 0.800. The van der Waals surface area contributed by atoms with Crippen LogP contribution in [0.25, 0.3) is 0 Å². The molecule has 0 amide bonds. The molecule has 0 rings (SSSR count). The molecule has 0 aromatic rings. The fourth-order valence-corrected chi connectivity index (χ4v) is 1.03. The van der Waals surface area contributed by atoms with E-state index in [4.69, 9.17) is 0 Å². The normalized spacial score (nSPS) is 11.6. The third-order valence-corrected chi connectivity index (χ3v) is 1.71. The summed E-state index contributed by atoms with van der Waals surface area (Å²) in [5, 5.41) is 0. The molecular weight excluding hydrogens is 134 g/mol. The largest absolute Gasteiger partial charge is 0.309 e. The van der Waals surface area contributed by atoms with Crippen molar-refractivity contribution in [2.24, 2.45) is 0 Å². The van der Waals surface area contributed by atoms with E-state index in [0.717, 1.165) is 0 Å². The van der Waals surface area contributed by atoms with Gasteiger partial charge in [0.2, 0.25) is 0 Å². The Balaban J connectivity index is 2.91. The van der Waals surface area contributed by atoms with Gasteiger partial charge in [-0.25, -0.2) is 0 Å². The van der Waals surface area contributed by atoms with Gasteiger partial charge in [-0.15, -0.1) is 0 Å². The molecule has 0 aliphatic heterocycles. The molecule has 0 heterocycles. The summed E-state index contributed by atoms with van der Waals surface area (Å²) in [5.41, 5.74) is 0. The molecule has 0 saturated carbocycles. The summed E-state index contributed by atoms with van der Waals surface area (Å²) in [6, 6.07) is 0. The second-order valence-corrected chi connectivity index (χ2v) is 3.22. The second kappa shape index (κ2) is 7.80. The molecule has 1 nitrogen and oxygen atoms in total. The summed E-state index contributed by atoms with van der Waals surface area (Å²) in [6.07, 6.45) is 9.68. The molecule has 0 unspecified atom stereocenters. The van der Waals surface area contributed by atoms with Gasteiger partial charge in [-0.1, -0.05) is 18.6 Å². The standard InChI is InChI=1S/C10H21N/c1-4-5-6-7-8-9-10-11(2)3/h4-5H,6-10H2,1-3H3/b5-4+. The first kappa shape index (κ1) is 10.7. The average molecular weight is 155 g/mol. The van der Waals surface area contributed by atoms with Gasteiger partial charge in [-0.05, 0) is 46.8 Å². The van der Waals surface area contributed by atoms with Crippen LogP contribution in [-0.4, -0.2) is 25.5 Å². The minimum Gasteiger partial charge on any atom is -0.309 e. The summed E-state index contributed by atoms with van der Waals surface area (Å²) < 4.78 is 0. The lowest BCUT2D eigenvalue weighted by molar-refractivity contribution is 0.392. The van der Waals surface area contributed by atoms with Crippen molar-refractivity contribution in [3.63, 3.8) is 0 Å². The molecule has 0 atom stereocenters. The van der Waals surface area contributed by atoms with Crippen molar-refractivity contribution >= 4 is 0 Å². The first-order valence-corrected chi connectivity index (χ1v) is 4.53. The van der Waals surface area contributed by atoms with E-state index < -0.39 is 0 Å². The molecule has 0 aromatic carbocycles. The molecule has 0 aliphatic carbocycles. The van der Waals surface area contributed by atoms with E-state index in [-0.39, 0.29) is 0 Å². The van der Waals surface area contributed by atoms with Gasteiger partial charge in [0.15, 0.2) is 0 Å². The van der Waals surface area contributed by atoms with Crippen molar-refractivity contribution in [3.8, 4) is 0 Å². The maximum atomic E-state index is 2.25. The van der Waals surface area contributed by atoms with E-state index in [9.17, 15) is 0 Å². The number of unbranched alkanes of at least 4 members (excludes halogenated alkanes) is 3. The Morgan fingerprint density at radius 3 is 2.36 bits per heavy atom. The Morgan fingerprint density at radius 2 is 1.82 bits per heavy atom. The van der Waals surface area contributed by atoms with Gasteiger partial charge in [0.25, 0.3) is 0 Å². The summed E-state index contributed by atoms with van der Waals surface area (Å²) in [6.45, 7) is 3.32. The molecule has 0 N–H and O–H groups in total. The molecule has 0 fully saturated rings. The molecule has 0 saturated heterocycles. The number of rotatable bonds is 6. The zero-order valence-corrected chi connectivity index (χ0v) is 8.14. The molecule has 0 spiro atoms. The third kappa shape index (κ3) is 9.70. The highest BCUT2D eigenvalue weighted by Crippen LogP contribution is 2.00. The van der Waals surface area contributed by atoms with Crippen LogP contribution in [0.2, 0.25) is 0 Å².